The van der Waals surface area contributed by atoms with Gasteiger partial charge in [-0.3, -0.25) is 13.9 Å². The molecule has 40 heavy (non-hydrogen) atoms. The number of aryl methyl sites for hydroxylation is 1. The highest BCUT2D eigenvalue weighted by molar-refractivity contribution is 7.92. The molecule has 8 nitrogen and oxygen atoms in total. The predicted octanol–water partition coefficient (Wildman–Crippen LogP) is 5.04. The van der Waals surface area contributed by atoms with Crippen LogP contribution in [0.25, 0.3) is 0 Å². The average molecular weight is 586 g/mol. The van der Waals surface area contributed by atoms with E-state index in [2.05, 4.69) is 5.32 Å². The van der Waals surface area contributed by atoms with Gasteiger partial charge in [-0.05, 0) is 67.8 Å². The van der Waals surface area contributed by atoms with Gasteiger partial charge in [-0.25, -0.2) is 8.42 Å². The Hall–Kier alpha value is -3.56. The third-order valence-electron chi connectivity index (χ3n) is 6.40. The standard InChI is InChI=1S/C30H36ClN3O5S/c1-21(2)18-32-30(36)23(4)33(19-24-8-6-7-9-28(24)31)29(35)20-34(25-12-14-26(39-5)15-13-25)40(37,38)27-16-10-22(3)11-17-27/h6-17,21,23H,18-20H2,1-5H3,(H,32,36)/t23-/m1/s1. The van der Waals surface area contributed by atoms with E-state index in [1.165, 1.54) is 24.1 Å². The molecule has 3 aromatic carbocycles. The Balaban J connectivity index is 2.02. The lowest BCUT2D eigenvalue weighted by molar-refractivity contribution is -0.139. The van der Waals surface area contributed by atoms with Crippen molar-refractivity contribution in [1.82, 2.24) is 10.2 Å². The van der Waals surface area contributed by atoms with Crippen molar-refractivity contribution in [1.29, 1.82) is 0 Å². The summed E-state index contributed by atoms with van der Waals surface area (Å²) in [7, 11) is -2.64. The Morgan fingerprint density at radius 2 is 1.57 bits per heavy atom. The number of nitrogens with zero attached hydrogens (tertiary/aromatic N) is 2. The van der Waals surface area contributed by atoms with Crippen LogP contribution >= 0.6 is 11.6 Å². The van der Waals surface area contributed by atoms with Gasteiger partial charge in [-0.1, -0.05) is 61.3 Å². The van der Waals surface area contributed by atoms with Crippen LogP contribution in [0.15, 0.2) is 77.7 Å². The van der Waals surface area contributed by atoms with E-state index >= 15 is 0 Å². The lowest BCUT2D eigenvalue weighted by atomic mass is 10.1. The monoisotopic (exact) mass is 585 g/mol. The number of carbonyl (C=O) groups is 2. The van der Waals surface area contributed by atoms with Crippen molar-refractivity contribution in [3.8, 4) is 5.75 Å². The van der Waals surface area contributed by atoms with Crippen LogP contribution in [-0.4, -0.2) is 51.4 Å². The molecular formula is C30H36ClN3O5S. The predicted molar refractivity (Wildman–Crippen MR) is 158 cm³/mol. The minimum absolute atomic E-state index is 0.0236. The first-order chi connectivity index (χ1) is 18.9. The smallest absolute Gasteiger partial charge is 0.264 e. The van der Waals surface area contributed by atoms with Crippen molar-refractivity contribution >= 4 is 39.1 Å². The molecule has 0 radical (unpaired) electrons. The van der Waals surface area contributed by atoms with E-state index in [0.717, 1.165) is 9.87 Å². The summed E-state index contributed by atoms with van der Waals surface area (Å²) < 4.78 is 34.0. The van der Waals surface area contributed by atoms with Crippen molar-refractivity contribution in [3.63, 3.8) is 0 Å². The SMILES string of the molecule is COc1ccc(N(CC(=O)N(Cc2ccccc2Cl)[C@H](C)C(=O)NCC(C)C)S(=O)(=O)c2ccc(C)cc2)cc1. The highest BCUT2D eigenvalue weighted by Gasteiger charge is 2.32. The number of hydrogen-bond acceptors (Lipinski definition) is 5. The Morgan fingerprint density at radius 3 is 2.15 bits per heavy atom. The topological polar surface area (TPSA) is 96.0 Å². The van der Waals surface area contributed by atoms with Crippen LogP contribution in [0.2, 0.25) is 5.02 Å². The van der Waals surface area contributed by atoms with Gasteiger partial charge in [0, 0.05) is 18.1 Å². The molecule has 0 heterocycles. The molecular weight excluding hydrogens is 550 g/mol. The molecule has 0 aliphatic rings. The molecule has 0 fully saturated rings. The van der Waals surface area contributed by atoms with E-state index < -0.39 is 28.5 Å². The molecule has 0 aliphatic heterocycles. The number of halogens is 1. The third kappa shape index (κ3) is 7.76. The fourth-order valence-electron chi connectivity index (χ4n) is 3.96. The van der Waals surface area contributed by atoms with Crippen LogP contribution in [0.3, 0.4) is 0 Å². The summed E-state index contributed by atoms with van der Waals surface area (Å²) in [5.74, 6) is -0.141. The van der Waals surface area contributed by atoms with Crippen LogP contribution in [0.1, 0.15) is 31.9 Å². The van der Waals surface area contributed by atoms with E-state index in [-0.39, 0.29) is 29.0 Å². The molecule has 10 heteroatoms. The van der Waals surface area contributed by atoms with Gasteiger partial charge in [0.2, 0.25) is 11.8 Å². The number of carbonyl (C=O) groups excluding carboxylic acids is 2. The minimum Gasteiger partial charge on any atom is -0.497 e. The van der Waals surface area contributed by atoms with Gasteiger partial charge in [-0.2, -0.15) is 0 Å². The van der Waals surface area contributed by atoms with Gasteiger partial charge in [-0.15, -0.1) is 0 Å². The van der Waals surface area contributed by atoms with Crippen molar-refractivity contribution < 1.29 is 22.7 Å². The summed E-state index contributed by atoms with van der Waals surface area (Å²) in [6.45, 7) is 7.36. The molecule has 0 saturated carbocycles. The molecule has 0 bridgehead atoms. The molecule has 0 spiro atoms. The summed E-state index contributed by atoms with van der Waals surface area (Å²) >= 11 is 6.40. The molecule has 2 amide bonds. The first kappa shape index (κ1) is 31.0. The fraction of sp³-hybridized carbons (Fsp3) is 0.333. The highest BCUT2D eigenvalue weighted by Crippen LogP contribution is 2.27. The first-order valence-electron chi connectivity index (χ1n) is 13.0. The van der Waals surface area contributed by atoms with Crippen molar-refractivity contribution in [3.05, 3.63) is 88.9 Å². The van der Waals surface area contributed by atoms with Gasteiger partial charge in [0.05, 0.1) is 17.7 Å². The van der Waals surface area contributed by atoms with Gasteiger partial charge in [0.15, 0.2) is 0 Å². The van der Waals surface area contributed by atoms with Crippen LogP contribution < -0.4 is 14.4 Å². The van der Waals surface area contributed by atoms with Gasteiger partial charge >= 0.3 is 0 Å². The Labute approximate surface area is 241 Å². The van der Waals surface area contributed by atoms with E-state index in [0.29, 0.717) is 22.9 Å². The molecule has 1 atom stereocenters. The molecule has 214 valence electrons. The number of ether oxygens (including phenoxy) is 1. The van der Waals surface area contributed by atoms with Crippen molar-refractivity contribution in [2.75, 3.05) is 24.5 Å². The zero-order valence-corrected chi connectivity index (χ0v) is 25.0. The minimum atomic E-state index is -4.15. The van der Waals surface area contributed by atoms with Crippen LogP contribution in [0, 0.1) is 12.8 Å². The number of rotatable bonds is 12. The summed E-state index contributed by atoms with van der Waals surface area (Å²) in [6.07, 6.45) is 0. The summed E-state index contributed by atoms with van der Waals surface area (Å²) in [5.41, 5.74) is 1.82. The first-order valence-corrected chi connectivity index (χ1v) is 14.8. The zero-order chi connectivity index (χ0) is 29.4. The zero-order valence-electron chi connectivity index (χ0n) is 23.4. The number of nitrogens with one attached hydrogen (secondary N) is 1. The third-order valence-corrected chi connectivity index (χ3v) is 8.56. The van der Waals surface area contributed by atoms with E-state index in [1.54, 1.807) is 67.6 Å². The number of amides is 2. The maximum atomic E-state index is 14.0. The van der Waals surface area contributed by atoms with Gasteiger partial charge in [0.25, 0.3) is 10.0 Å². The Kier molecular flexibility index (Phi) is 10.6. The van der Waals surface area contributed by atoms with Crippen LogP contribution in [0.4, 0.5) is 5.69 Å². The van der Waals surface area contributed by atoms with Gasteiger partial charge in [0.1, 0.15) is 18.3 Å². The van der Waals surface area contributed by atoms with Crippen LogP contribution in [0.5, 0.6) is 5.75 Å². The molecule has 3 rings (SSSR count). The second-order valence-corrected chi connectivity index (χ2v) is 12.2. The van der Waals surface area contributed by atoms with Crippen LogP contribution in [-0.2, 0) is 26.2 Å². The number of anilines is 1. The number of methoxy groups -OCH3 is 1. The van der Waals surface area contributed by atoms with Crippen molar-refractivity contribution in [2.24, 2.45) is 5.92 Å². The lowest BCUT2D eigenvalue weighted by Crippen LogP contribution is -2.51. The molecule has 0 aliphatic carbocycles. The van der Waals surface area contributed by atoms with E-state index in [1.807, 2.05) is 20.8 Å². The second kappa shape index (κ2) is 13.7. The molecule has 3 aromatic rings. The second-order valence-electron chi connectivity index (χ2n) is 9.95. The van der Waals surface area contributed by atoms with Crippen molar-refractivity contribution in [2.45, 2.75) is 45.2 Å². The van der Waals surface area contributed by atoms with E-state index in [4.69, 9.17) is 16.3 Å². The highest BCUT2D eigenvalue weighted by atomic mass is 35.5. The largest absolute Gasteiger partial charge is 0.497 e. The number of sulfonamides is 1. The normalized spacial score (nSPS) is 12.1. The Morgan fingerprint density at radius 1 is 0.950 bits per heavy atom. The average Bonchev–Trinajstić information content (AvgIpc) is 2.94. The maximum absolute atomic E-state index is 14.0. The van der Waals surface area contributed by atoms with Gasteiger partial charge < -0.3 is 15.0 Å². The summed E-state index contributed by atoms with van der Waals surface area (Å²) in [6, 6.07) is 19.0. The maximum Gasteiger partial charge on any atom is 0.264 e. The summed E-state index contributed by atoms with van der Waals surface area (Å²) in [4.78, 5) is 28.4. The molecule has 0 aromatic heterocycles. The number of hydrogen-bond donors (Lipinski definition) is 1. The quantitative estimate of drug-likeness (QED) is 0.321. The molecule has 1 N–H and O–H groups in total. The summed E-state index contributed by atoms with van der Waals surface area (Å²) in [5, 5.41) is 3.30. The van der Waals surface area contributed by atoms with E-state index in [9.17, 15) is 18.0 Å². The Bertz CT molecular complexity index is 1410. The molecule has 0 saturated heterocycles. The lowest BCUT2D eigenvalue weighted by Gasteiger charge is -2.32. The fourth-order valence-corrected chi connectivity index (χ4v) is 5.57. The number of benzene rings is 3. The molecule has 0 unspecified atom stereocenters.